The summed E-state index contributed by atoms with van der Waals surface area (Å²) in [6, 6.07) is 7.38. The molecule has 16 heavy (non-hydrogen) atoms. The number of aromatic nitrogens is 2. The third-order valence-corrected chi connectivity index (χ3v) is 2.21. The van der Waals surface area contributed by atoms with Gasteiger partial charge < -0.3 is 0 Å². The Morgan fingerprint density at radius 1 is 1.38 bits per heavy atom. The summed E-state index contributed by atoms with van der Waals surface area (Å²) in [5.41, 5.74) is 0.784. The molecule has 0 N–H and O–H groups in total. The Balaban J connectivity index is 0.000000386. The maximum Gasteiger partial charge on any atom is 0.261 e. The van der Waals surface area contributed by atoms with Crippen LogP contribution in [0.5, 0.6) is 0 Å². The molecule has 3 heteroatoms. The van der Waals surface area contributed by atoms with Crippen molar-refractivity contribution in [1.29, 1.82) is 0 Å². The van der Waals surface area contributed by atoms with Crippen molar-refractivity contribution >= 4 is 10.9 Å². The Labute approximate surface area is 95.1 Å². The van der Waals surface area contributed by atoms with Gasteiger partial charge in [0.1, 0.15) is 5.82 Å². The Kier molecular flexibility index (Phi) is 4.00. The highest BCUT2D eigenvalue weighted by atomic mass is 16.1. The lowest BCUT2D eigenvalue weighted by Crippen LogP contribution is -2.20. The molecule has 0 unspecified atom stereocenters. The van der Waals surface area contributed by atoms with Gasteiger partial charge in [-0.2, -0.15) is 0 Å². The average molecular weight is 216 g/mol. The molecule has 0 radical (unpaired) electrons. The number of benzene rings is 1. The van der Waals surface area contributed by atoms with Crippen molar-refractivity contribution in [2.24, 2.45) is 7.05 Å². The van der Waals surface area contributed by atoms with Crippen molar-refractivity contribution in [2.75, 3.05) is 0 Å². The van der Waals surface area contributed by atoms with E-state index < -0.39 is 0 Å². The second-order valence-electron chi connectivity index (χ2n) is 3.45. The number of rotatable bonds is 0. The normalized spacial score (nSPS) is 9.44. The number of nitrogens with zero attached hydrogens (tertiary/aromatic N) is 2. The van der Waals surface area contributed by atoms with Gasteiger partial charge in [-0.05, 0) is 26.0 Å². The fourth-order valence-electron chi connectivity index (χ4n) is 1.33. The van der Waals surface area contributed by atoms with Gasteiger partial charge in [-0.3, -0.25) is 9.36 Å². The third-order valence-electron chi connectivity index (χ3n) is 2.21. The minimum atomic E-state index is 0.0168. The minimum Gasteiger partial charge on any atom is -0.299 e. The second kappa shape index (κ2) is 5.26. The topological polar surface area (TPSA) is 34.9 Å². The number of hydrogen-bond acceptors (Lipinski definition) is 2. The Hall–Kier alpha value is -1.90. The molecule has 0 atom stereocenters. The summed E-state index contributed by atoms with van der Waals surface area (Å²) in [7, 11) is 1.73. The van der Waals surface area contributed by atoms with Crippen molar-refractivity contribution in [2.45, 2.75) is 13.8 Å². The van der Waals surface area contributed by atoms with Crippen LogP contribution in [0, 0.1) is 6.92 Å². The van der Waals surface area contributed by atoms with Gasteiger partial charge in [-0.15, -0.1) is 6.58 Å². The van der Waals surface area contributed by atoms with E-state index in [4.69, 9.17) is 0 Å². The number of fused-ring (bicyclic) bond motifs is 1. The van der Waals surface area contributed by atoms with E-state index in [2.05, 4.69) is 11.6 Å². The fraction of sp³-hybridized carbons (Fsp3) is 0.231. The van der Waals surface area contributed by atoms with Gasteiger partial charge in [-0.1, -0.05) is 18.2 Å². The molecule has 1 heterocycles. The van der Waals surface area contributed by atoms with Gasteiger partial charge in [0.2, 0.25) is 0 Å². The molecule has 0 aliphatic rings. The molecule has 3 nitrogen and oxygen atoms in total. The molecule has 2 rings (SSSR count). The van der Waals surface area contributed by atoms with Crippen LogP contribution in [0.2, 0.25) is 0 Å². The van der Waals surface area contributed by atoms with Crippen LogP contribution in [0.25, 0.3) is 10.9 Å². The minimum absolute atomic E-state index is 0.0168. The van der Waals surface area contributed by atoms with E-state index >= 15 is 0 Å². The first-order valence-electron chi connectivity index (χ1n) is 5.11. The first-order valence-corrected chi connectivity index (χ1v) is 5.11. The molecule has 0 aliphatic carbocycles. The van der Waals surface area contributed by atoms with Crippen LogP contribution in [-0.2, 0) is 7.05 Å². The zero-order valence-corrected chi connectivity index (χ0v) is 9.90. The molecule has 0 amide bonds. The summed E-state index contributed by atoms with van der Waals surface area (Å²) >= 11 is 0. The van der Waals surface area contributed by atoms with Gasteiger partial charge in [0.15, 0.2) is 0 Å². The molecule has 0 aliphatic heterocycles. The van der Waals surface area contributed by atoms with Crippen molar-refractivity contribution < 1.29 is 0 Å². The van der Waals surface area contributed by atoms with Gasteiger partial charge in [-0.25, -0.2) is 4.98 Å². The highest BCUT2D eigenvalue weighted by Crippen LogP contribution is 2.05. The maximum absolute atomic E-state index is 11.7. The van der Waals surface area contributed by atoms with Crippen molar-refractivity contribution in [3.05, 3.63) is 53.1 Å². The number of aryl methyl sites for hydroxylation is 1. The molecular weight excluding hydrogens is 200 g/mol. The van der Waals surface area contributed by atoms with E-state index in [0.29, 0.717) is 5.39 Å². The largest absolute Gasteiger partial charge is 0.299 e. The number of hydrogen-bond donors (Lipinski definition) is 0. The van der Waals surface area contributed by atoms with Gasteiger partial charge in [0.05, 0.1) is 10.9 Å². The van der Waals surface area contributed by atoms with Crippen LogP contribution < -0.4 is 5.56 Å². The molecule has 0 saturated heterocycles. The van der Waals surface area contributed by atoms with Gasteiger partial charge in [0, 0.05) is 7.05 Å². The van der Waals surface area contributed by atoms with Gasteiger partial charge in [0.25, 0.3) is 5.56 Å². The lowest BCUT2D eigenvalue weighted by atomic mass is 10.2. The van der Waals surface area contributed by atoms with E-state index in [1.807, 2.05) is 32.0 Å². The predicted octanol–water partition coefficient (Wildman–Crippen LogP) is 2.43. The van der Waals surface area contributed by atoms with Crippen LogP contribution in [0.3, 0.4) is 0 Å². The van der Waals surface area contributed by atoms with E-state index in [9.17, 15) is 4.79 Å². The highest BCUT2D eigenvalue weighted by Gasteiger charge is 2.02. The van der Waals surface area contributed by atoms with E-state index in [1.54, 1.807) is 23.8 Å². The quantitative estimate of drug-likeness (QED) is 0.634. The molecule has 0 bridgehead atoms. The number of allylic oxidation sites excluding steroid dienone is 1. The maximum atomic E-state index is 11.7. The van der Waals surface area contributed by atoms with E-state index in [-0.39, 0.29) is 5.56 Å². The molecule has 84 valence electrons. The summed E-state index contributed by atoms with van der Waals surface area (Å²) in [5, 5.41) is 0.676. The zero-order valence-electron chi connectivity index (χ0n) is 9.90. The standard InChI is InChI=1S/C10H10N2O.C3H6/c1-7-11-9-6-4-3-5-8(9)10(13)12(7)2;1-3-2/h3-6H,1-2H3;3H,1H2,2H3. The number of para-hydroxylation sites is 1. The first-order chi connectivity index (χ1) is 7.61. The summed E-state index contributed by atoms with van der Waals surface area (Å²) in [6.45, 7) is 7.08. The Bertz CT molecular complexity index is 555. The summed E-state index contributed by atoms with van der Waals surface area (Å²) in [4.78, 5) is 16.0. The first kappa shape index (κ1) is 12.2. The fourth-order valence-corrected chi connectivity index (χ4v) is 1.33. The third kappa shape index (κ3) is 2.37. The van der Waals surface area contributed by atoms with E-state index in [1.165, 1.54) is 0 Å². The zero-order chi connectivity index (χ0) is 12.1. The predicted molar refractivity (Wildman–Crippen MR) is 67.6 cm³/mol. The molecule has 0 fully saturated rings. The van der Waals surface area contributed by atoms with Crippen molar-refractivity contribution in [3.63, 3.8) is 0 Å². The molecule has 1 aromatic carbocycles. The SMILES string of the molecule is C=CC.Cc1nc2ccccc2c(=O)n1C. The summed E-state index contributed by atoms with van der Waals surface area (Å²) in [6.07, 6.45) is 1.75. The molecule has 0 saturated carbocycles. The average Bonchev–Trinajstić information content (AvgIpc) is 2.27. The summed E-state index contributed by atoms with van der Waals surface area (Å²) < 4.78 is 1.56. The Morgan fingerprint density at radius 3 is 2.56 bits per heavy atom. The van der Waals surface area contributed by atoms with Crippen molar-refractivity contribution in [1.82, 2.24) is 9.55 Å². The molecule has 0 spiro atoms. The molecular formula is C13H16N2O. The highest BCUT2D eigenvalue weighted by molar-refractivity contribution is 5.77. The van der Waals surface area contributed by atoms with Crippen LogP contribution in [0.1, 0.15) is 12.7 Å². The molecule has 1 aromatic heterocycles. The lowest BCUT2D eigenvalue weighted by molar-refractivity contribution is 0.792. The van der Waals surface area contributed by atoms with Gasteiger partial charge >= 0.3 is 0 Å². The van der Waals surface area contributed by atoms with Crippen LogP contribution in [0.15, 0.2) is 41.7 Å². The van der Waals surface area contributed by atoms with E-state index in [0.717, 1.165) is 11.3 Å². The second-order valence-corrected chi connectivity index (χ2v) is 3.45. The van der Waals surface area contributed by atoms with Crippen molar-refractivity contribution in [3.8, 4) is 0 Å². The monoisotopic (exact) mass is 216 g/mol. The van der Waals surface area contributed by atoms with Crippen LogP contribution >= 0.6 is 0 Å². The van der Waals surface area contributed by atoms with Crippen LogP contribution in [-0.4, -0.2) is 9.55 Å². The summed E-state index contributed by atoms with van der Waals surface area (Å²) in [5.74, 6) is 0.740. The van der Waals surface area contributed by atoms with Crippen LogP contribution in [0.4, 0.5) is 0 Å². The Morgan fingerprint density at radius 2 is 1.94 bits per heavy atom. The molecule has 2 aromatic rings. The lowest BCUT2D eigenvalue weighted by Gasteiger charge is -2.03. The smallest absolute Gasteiger partial charge is 0.261 e.